The monoisotopic (exact) mass is 275 g/mol. The number of halogens is 1. The van der Waals surface area contributed by atoms with Crippen LogP contribution in [0.1, 0.15) is 34.7 Å². The molecular weight excluding hydrogens is 261 g/mol. The molecule has 0 unspecified atom stereocenters. The average Bonchev–Trinajstić information content (AvgIpc) is 2.45. The SMILES string of the molecule is C[C@@H](NCc1ccc(C(=O)O)cn1)c1ncccc1F. The summed E-state index contributed by atoms with van der Waals surface area (Å²) < 4.78 is 13.5. The van der Waals surface area contributed by atoms with E-state index in [4.69, 9.17) is 5.11 Å². The number of nitrogens with zero attached hydrogens (tertiary/aromatic N) is 2. The van der Waals surface area contributed by atoms with Gasteiger partial charge in [-0.2, -0.15) is 0 Å². The van der Waals surface area contributed by atoms with E-state index in [0.29, 0.717) is 17.9 Å². The van der Waals surface area contributed by atoms with E-state index in [0.717, 1.165) is 0 Å². The van der Waals surface area contributed by atoms with Gasteiger partial charge in [-0.1, -0.05) is 0 Å². The summed E-state index contributed by atoms with van der Waals surface area (Å²) in [5, 5.41) is 11.9. The molecule has 2 rings (SSSR count). The molecule has 2 aromatic heterocycles. The Labute approximate surface area is 115 Å². The maximum Gasteiger partial charge on any atom is 0.337 e. The third-order valence-corrected chi connectivity index (χ3v) is 2.86. The van der Waals surface area contributed by atoms with Crippen molar-refractivity contribution in [2.45, 2.75) is 19.5 Å². The van der Waals surface area contributed by atoms with Gasteiger partial charge in [0.25, 0.3) is 0 Å². The highest BCUT2D eigenvalue weighted by molar-refractivity contribution is 5.87. The molecule has 104 valence electrons. The second kappa shape index (κ2) is 6.21. The normalized spacial score (nSPS) is 12.1. The number of aromatic carboxylic acids is 1. The van der Waals surface area contributed by atoms with Crippen LogP contribution in [-0.4, -0.2) is 21.0 Å². The van der Waals surface area contributed by atoms with Crippen molar-refractivity contribution in [1.29, 1.82) is 0 Å². The molecule has 0 saturated heterocycles. The van der Waals surface area contributed by atoms with Crippen molar-refractivity contribution in [1.82, 2.24) is 15.3 Å². The molecule has 2 heterocycles. The largest absolute Gasteiger partial charge is 0.478 e. The van der Waals surface area contributed by atoms with Crippen molar-refractivity contribution in [3.63, 3.8) is 0 Å². The predicted molar refractivity (Wildman–Crippen MR) is 70.6 cm³/mol. The Morgan fingerprint density at radius 3 is 2.80 bits per heavy atom. The molecule has 0 saturated carbocycles. The fourth-order valence-corrected chi connectivity index (χ4v) is 1.73. The Bertz CT molecular complexity index is 602. The van der Waals surface area contributed by atoms with E-state index in [2.05, 4.69) is 15.3 Å². The third kappa shape index (κ3) is 3.36. The Hall–Kier alpha value is -2.34. The highest BCUT2D eigenvalue weighted by Gasteiger charge is 2.11. The fraction of sp³-hybridized carbons (Fsp3) is 0.214. The van der Waals surface area contributed by atoms with Crippen LogP contribution >= 0.6 is 0 Å². The van der Waals surface area contributed by atoms with Gasteiger partial charge in [-0.25, -0.2) is 9.18 Å². The standard InChI is InChI=1S/C14H14FN3O2/c1-9(13-12(15)3-2-6-16-13)17-8-11-5-4-10(7-18-11)14(19)20/h2-7,9,17H,8H2,1H3,(H,19,20)/t9-/m1/s1. The van der Waals surface area contributed by atoms with Crippen LogP contribution in [0.2, 0.25) is 0 Å². The zero-order chi connectivity index (χ0) is 14.5. The second-order valence-electron chi connectivity index (χ2n) is 4.32. The number of pyridine rings is 2. The van der Waals surface area contributed by atoms with Gasteiger partial charge in [-0.3, -0.25) is 9.97 Å². The Morgan fingerprint density at radius 2 is 2.20 bits per heavy atom. The lowest BCUT2D eigenvalue weighted by Gasteiger charge is -2.13. The fourth-order valence-electron chi connectivity index (χ4n) is 1.73. The zero-order valence-electron chi connectivity index (χ0n) is 10.9. The minimum Gasteiger partial charge on any atom is -0.478 e. The van der Waals surface area contributed by atoms with Crippen LogP contribution in [0.25, 0.3) is 0 Å². The number of carboxylic acid groups (broad SMARTS) is 1. The molecule has 1 atom stereocenters. The summed E-state index contributed by atoms with van der Waals surface area (Å²) in [5.41, 5.74) is 1.16. The Morgan fingerprint density at radius 1 is 1.40 bits per heavy atom. The summed E-state index contributed by atoms with van der Waals surface area (Å²) >= 11 is 0. The number of carbonyl (C=O) groups is 1. The molecule has 5 nitrogen and oxygen atoms in total. The lowest BCUT2D eigenvalue weighted by atomic mass is 10.2. The Kier molecular flexibility index (Phi) is 4.37. The summed E-state index contributed by atoms with van der Waals surface area (Å²) in [5.74, 6) is -1.37. The maximum absolute atomic E-state index is 13.5. The summed E-state index contributed by atoms with van der Waals surface area (Å²) in [6.45, 7) is 2.20. The van der Waals surface area contributed by atoms with Gasteiger partial charge in [-0.05, 0) is 31.2 Å². The molecule has 0 aliphatic heterocycles. The van der Waals surface area contributed by atoms with E-state index in [9.17, 15) is 9.18 Å². The Balaban J connectivity index is 1.98. The molecule has 0 spiro atoms. The number of carboxylic acids is 1. The van der Waals surface area contributed by atoms with Gasteiger partial charge in [-0.15, -0.1) is 0 Å². The van der Waals surface area contributed by atoms with Crippen LogP contribution in [-0.2, 0) is 6.54 Å². The molecule has 0 fully saturated rings. The van der Waals surface area contributed by atoms with E-state index >= 15 is 0 Å². The molecule has 20 heavy (non-hydrogen) atoms. The van der Waals surface area contributed by atoms with Crippen molar-refractivity contribution >= 4 is 5.97 Å². The first-order chi connectivity index (χ1) is 9.58. The van der Waals surface area contributed by atoms with E-state index in [1.54, 1.807) is 13.0 Å². The number of hydrogen-bond donors (Lipinski definition) is 2. The highest BCUT2D eigenvalue weighted by Crippen LogP contribution is 2.13. The maximum atomic E-state index is 13.5. The molecule has 0 aromatic carbocycles. The first kappa shape index (κ1) is 14.1. The van der Waals surface area contributed by atoms with Crippen LogP contribution in [0.5, 0.6) is 0 Å². The molecule has 0 amide bonds. The first-order valence-corrected chi connectivity index (χ1v) is 6.10. The number of rotatable bonds is 5. The van der Waals surface area contributed by atoms with Gasteiger partial charge in [0.15, 0.2) is 0 Å². The lowest BCUT2D eigenvalue weighted by molar-refractivity contribution is 0.0696. The summed E-state index contributed by atoms with van der Waals surface area (Å²) in [6, 6.07) is 5.74. The van der Waals surface area contributed by atoms with Gasteiger partial charge in [0, 0.05) is 25.0 Å². The van der Waals surface area contributed by atoms with E-state index in [1.165, 1.54) is 30.6 Å². The molecular formula is C14H14FN3O2. The molecule has 0 radical (unpaired) electrons. The smallest absolute Gasteiger partial charge is 0.337 e. The molecule has 0 aliphatic carbocycles. The van der Waals surface area contributed by atoms with Crippen LogP contribution in [0.15, 0.2) is 36.7 Å². The molecule has 0 bridgehead atoms. The van der Waals surface area contributed by atoms with Crippen molar-refractivity contribution in [2.75, 3.05) is 0 Å². The second-order valence-corrected chi connectivity index (χ2v) is 4.32. The number of nitrogens with one attached hydrogen (secondary N) is 1. The average molecular weight is 275 g/mol. The molecule has 2 N–H and O–H groups in total. The summed E-state index contributed by atoms with van der Waals surface area (Å²) in [6.07, 6.45) is 2.84. The van der Waals surface area contributed by atoms with E-state index < -0.39 is 5.97 Å². The van der Waals surface area contributed by atoms with Crippen molar-refractivity contribution in [3.8, 4) is 0 Å². The van der Waals surface area contributed by atoms with E-state index in [1.807, 2.05) is 0 Å². The van der Waals surface area contributed by atoms with Gasteiger partial charge >= 0.3 is 5.97 Å². The number of aromatic nitrogens is 2. The molecule has 6 heteroatoms. The lowest BCUT2D eigenvalue weighted by Crippen LogP contribution is -2.20. The first-order valence-electron chi connectivity index (χ1n) is 6.10. The van der Waals surface area contributed by atoms with E-state index in [-0.39, 0.29) is 17.4 Å². The van der Waals surface area contributed by atoms with Gasteiger partial charge in [0.05, 0.1) is 17.0 Å². The third-order valence-electron chi connectivity index (χ3n) is 2.86. The topological polar surface area (TPSA) is 75.1 Å². The van der Waals surface area contributed by atoms with Crippen molar-refractivity contribution in [2.24, 2.45) is 0 Å². The highest BCUT2D eigenvalue weighted by atomic mass is 19.1. The van der Waals surface area contributed by atoms with Gasteiger partial charge in [0.2, 0.25) is 0 Å². The number of hydrogen-bond acceptors (Lipinski definition) is 4. The quantitative estimate of drug-likeness (QED) is 0.874. The summed E-state index contributed by atoms with van der Waals surface area (Å²) in [7, 11) is 0. The van der Waals surface area contributed by atoms with Crippen molar-refractivity contribution in [3.05, 3.63) is 59.4 Å². The van der Waals surface area contributed by atoms with Crippen LogP contribution < -0.4 is 5.32 Å². The predicted octanol–water partition coefficient (Wildman–Crippen LogP) is 2.16. The minimum absolute atomic E-state index is 0.137. The molecule has 0 aliphatic rings. The van der Waals surface area contributed by atoms with Crippen LogP contribution in [0.4, 0.5) is 4.39 Å². The van der Waals surface area contributed by atoms with Crippen LogP contribution in [0.3, 0.4) is 0 Å². The van der Waals surface area contributed by atoms with Gasteiger partial charge < -0.3 is 10.4 Å². The van der Waals surface area contributed by atoms with Crippen molar-refractivity contribution < 1.29 is 14.3 Å². The minimum atomic E-state index is -1.01. The zero-order valence-corrected chi connectivity index (χ0v) is 10.9. The van der Waals surface area contributed by atoms with Crippen LogP contribution in [0, 0.1) is 5.82 Å². The van der Waals surface area contributed by atoms with Gasteiger partial charge in [0.1, 0.15) is 5.82 Å². The summed E-state index contributed by atoms with van der Waals surface area (Å²) in [4.78, 5) is 18.7. The molecule has 2 aromatic rings.